The Kier molecular flexibility index (Phi) is 5.69. The Hall–Kier alpha value is -0.830. The SMILES string of the molecule is O=C(CSc1ncccc1Cl)N1CCN([C@H]2CCS(=O)(=O)C2)CC1. The van der Waals surface area contributed by atoms with Gasteiger partial charge in [-0.2, -0.15) is 0 Å². The number of piperazine rings is 1. The van der Waals surface area contributed by atoms with Crippen LogP contribution in [-0.2, 0) is 14.6 Å². The second-order valence-electron chi connectivity index (χ2n) is 6.05. The molecule has 2 aliphatic heterocycles. The van der Waals surface area contributed by atoms with Gasteiger partial charge >= 0.3 is 0 Å². The van der Waals surface area contributed by atoms with Crippen molar-refractivity contribution >= 4 is 39.1 Å². The molecule has 1 amide bonds. The predicted octanol–water partition coefficient (Wildman–Crippen LogP) is 1.16. The minimum atomic E-state index is -2.86. The largest absolute Gasteiger partial charge is 0.339 e. The first-order valence-corrected chi connectivity index (χ1v) is 11.1. The van der Waals surface area contributed by atoms with Crippen LogP contribution in [0.4, 0.5) is 0 Å². The van der Waals surface area contributed by atoms with Gasteiger partial charge in [-0.25, -0.2) is 13.4 Å². The average Bonchev–Trinajstić information content (AvgIpc) is 2.94. The van der Waals surface area contributed by atoms with Gasteiger partial charge in [0, 0.05) is 38.4 Å². The van der Waals surface area contributed by atoms with E-state index >= 15 is 0 Å². The predicted molar refractivity (Wildman–Crippen MR) is 95.2 cm³/mol. The topological polar surface area (TPSA) is 70.6 Å². The zero-order valence-electron chi connectivity index (χ0n) is 13.2. The van der Waals surface area contributed by atoms with Gasteiger partial charge in [0.25, 0.3) is 0 Å². The Morgan fingerprint density at radius 1 is 1.33 bits per heavy atom. The highest BCUT2D eigenvalue weighted by atomic mass is 35.5. The van der Waals surface area contributed by atoms with Gasteiger partial charge in [-0.05, 0) is 18.6 Å². The first kappa shape index (κ1) is 18.0. The quantitative estimate of drug-likeness (QED) is 0.719. The minimum absolute atomic E-state index is 0.0698. The number of sulfone groups is 1. The van der Waals surface area contributed by atoms with Gasteiger partial charge in [-0.15, -0.1) is 0 Å². The minimum Gasteiger partial charge on any atom is -0.339 e. The van der Waals surface area contributed by atoms with Crippen molar-refractivity contribution < 1.29 is 13.2 Å². The molecule has 6 nitrogen and oxygen atoms in total. The highest BCUT2D eigenvalue weighted by Crippen LogP contribution is 2.25. The number of amides is 1. The first-order chi connectivity index (χ1) is 11.4. The maximum Gasteiger partial charge on any atom is 0.233 e. The number of carbonyl (C=O) groups excluding carboxylic acids is 1. The first-order valence-electron chi connectivity index (χ1n) is 7.90. The third-order valence-corrected chi connectivity index (χ3v) is 7.61. The third-order valence-electron chi connectivity index (χ3n) is 4.45. The summed E-state index contributed by atoms with van der Waals surface area (Å²) in [6.45, 7) is 2.76. The van der Waals surface area contributed by atoms with E-state index in [1.807, 2.05) is 4.90 Å². The van der Waals surface area contributed by atoms with Crippen LogP contribution < -0.4 is 0 Å². The third kappa shape index (κ3) is 4.41. The van der Waals surface area contributed by atoms with E-state index in [2.05, 4.69) is 9.88 Å². The van der Waals surface area contributed by atoms with Gasteiger partial charge in [0.05, 0.1) is 22.3 Å². The molecule has 0 aliphatic carbocycles. The van der Waals surface area contributed by atoms with E-state index in [0.717, 1.165) is 13.1 Å². The molecular weight excluding hydrogens is 370 g/mol. The lowest BCUT2D eigenvalue weighted by Gasteiger charge is -2.37. The summed E-state index contributed by atoms with van der Waals surface area (Å²) in [7, 11) is -2.86. The smallest absolute Gasteiger partial charge is 0.233 e. The van der Waals surface area contributed by atoms with Crippen LogP contribution in [0.2, 0.25) is 5.02 Å². The van der Waals surface area contributed by atoms with Crippen molar-refractivity contribution in [2.45, 2.75) is 17.5 Å². The van der Waals surface area contributed by atoms with Crippen molar-refractivity contribution in [1.29, 1.82) is 0 Å². The molecule has 0 saturated carbocycles. The molecule has 0 aromatic carbocycles. The van der Waals surface area contributed by atoms with Crippen molar-refractivity contribution in [2.24, 2.45) is 0 Å². The Labute approximate surface area is 151 Å². The molecule has 0 radical (unpaired) electrons. The fourth-order valence-electron chi connectivity index (χ4n) is 3.10. The Balaban J connectivity index is 1.46. The number of thioether (sulfide) groups is 1. The number of rotatable bonds is 4. The van der Waals surface area contributed by atoms with Crippen LogP contribution in [0, 0.1) is 0 Å². The van der Waals surface area contributed by atoms with E-state index in [0.29, 0.717) is 35.3 Å². The summed E-state index contributed by atoms with van der Waals surface area (Å²) in [5.74, 6) is 0.933. The van der Waals surface area contributed by atoms with Crippen LogP contribution in [0.15, 0.2) is 23.4 Å². The molecule has 3 rings (SSSR count). The van der Waals surface area contributed by atoms with E-state index in [-0.39, 0.29) is 23.5 Å². The monoisotopic (exact) mass is 389 g/mol. The van der Waals surface area contributed by atoms with E-state index < -0.39 is 9.84 Å². The van der Waals surface area contributed by atoms with Gasteiger partial charge in [-0.1, -0.05) is 23.4 Å². The lowest BCUT2D eigenvalue weighted by Crippen LogP contribution is -2.52. The van der Waals surface area contributed by atoms with Gasteiger partial charge in [0.15, 0.2) is 9.84 Å². The number of hydrogen-bond acceptors (Lipinski definition) is 6. The van der Waals surface area contributed by atoms with E-state index in [1.165, 1.54) is 11.8 Å². The molecule has 0 bridgehead atoms. The number of hydrogen-bond donors (Lipinski definition) is 0. The fourth-order valence-corrected chi connectivity index (χ4v) is 5.93. The van der Waals surface area contributed by atoms with E-state index in [4.69, 9.17) is 11.6 Å². The Morgan fingerprint density at radius 2 is 2.08 bits per heavy atom. The second kappa shape index (κ2) is 7.59. The molecule has 3 heterocycles. The van der Waals surface area contributed by atoms with Gasteiger partial charge in [0.1, 0.15) is 5.03 Å². The van der Waals surface area contributed by atoms with Crippen molar-refractivity contribution in [1.82, 2.24) is 14.8 Å². The van der Waals surface area contributed by atoms with Crippen molar-refractivity contribution in [3.05, 3.63) is 23.4 Å². The summed E-state index contributed by atoms with van der Waals surface area (Å²) < 4.78 is 23.2. The number of nitrogens with zero attached hydrogens (tertiary/aromatic N) is 3. The molecule has 0 spiro atoms. The van der Waals surface area contributed by atoms with Crippen LogP contribution in [0.3, 0.4) is 0 Å². The van der Waals surface area contributed by atoms with Crippen LogP contribution in [0.1, 0.15) is 6.42 Å². The summed E-state index contributed by atoms with van der Waals surface area (Å²) in [4.78, 5) is 20.5. The highest BCUT2D eigenvalue weighted by Gasteiger charge is 2.34. The average molecular weight is 390 g/mol. The molecule has 2 saturated heterocycles. The molecule has 1 aromatic heterocycles. The lowest BCUT2D eigenvalue weighted by atomic mass is 10.2. The normalized spacial score (nSPS) is 24.2. The molecule has 1 aromatic rings. The summed E-state index contributed by atoms with van der Waals surface area (Å²) in [6, 6.07) is 3.64. The Morgan fingerprint density at radius 3 is 2.71 bits per heavy atom. The molecule has 132 valence electrons. The maximum absolute atomic E-state index is 12.3. The molecule has 9 heteroatoms. The number of carbonyl (C=O) groups is 1. The highest BCUT2D eigenvalue weighted by molar-refractivity contribution is 8.00. The molecule has 2 fully saturated rings. The molecular formula is C15H20ClN3O3S2. The standard InChI is InChI=1S/C15H20ClN3O3S2/c16-13-2-1-4-17-15(13)23-10-14(20)19-7-5-18(6-8-19)12-3-9-24(21,22)11-12/h1-2,4,12H,3,5-11H2/t12-/m0/s1. The van der Waals surface area contributed by atoms with E-state index in [1.54, 1.807) is 18.3 Å². The molecule has 24 heavy (non-hydrogen) atoms. The van der Waals surface area contributed by atoms with Crippen molar-refractivity contribution in [3.8, 4) is 0 Å². The summed E-state index contributed by atoms with van der Waals surface area (Å²) in [6.07, 6.45) is 2.37. The number of pyridine rings is 1. The molecule has 0 unspecified atom stereocenters. The van der Waals surface area contributed by atoms with Gasteiger partial charge < -0.3 is 4.90 Å². The summed E-state index contributed by atoms with van der Waals surface area (Å²) >= 11 is 7.39. The van der Waals surface area contributed by atoms with Crippen LogP contribution in [0.5, 0.6) is 0 Å². The van der Waals surface area contributed by atoms with E-state index in [9.17, 15) is 13.2 Å². The lowest BCUT2D eigenvalue weighted by molar-refractivity contribution is -0.130. The fraction of sp³-hybridized carbons (Fsp3) is 0.600. The molecule has 2 aliphatic rings. The number of aromatic nitrogens is 1. The Bertz CT molecular complexity index is 706. The van der Waals surface area contributed by atoms with Gasteiger partial charge in [0.2, 0.25) is 5.91 Å². The summed E-state index contributed by atoms with van der Waals surface area (Å²) in [5, 5.41) is 1.23. The number of halogens is 1. The van der Waals surface area contributed by atoms with Crippen LogP contribution in [-0.4, -0.2) is 78.6 Å². The molecule has 0 N–H and O–H groups in total. The van der Waals surface area contributed by atoms with Crippen LogP contribution in [0.25, 0.3) is 0 Å². The van der Waals surface area contributed by atoms with Gasteiger partial charge in [-0.3, -0.25) is 9.69 Å². The zero-order chi connectivity index (χ0) is 17.2. The summed E-state index contributed by atoms with van der Waals surface area (Å²) in [5.41, 5.74) is 0. The van der Waals surface area contributed by atoms with Crippen molar-refractivity contribution in [2.75, 3.05) is 43.4 Å². The van der Waals surface area contributed by atoms with Crippen molar-refractivity contribution in [3.63, 3.8) is 0 Å². The second-order valence-corrected chi connectivity index (χ2v) is 9.65. The molecule has 1 atom stereocenters. The maximum atomic E-state index is 12.3. The zero-order valence-corrected chi connectivity index (χ0v) is 15.6. The van der Waals surface area contributed by atoms with Crippen LogP contribution >= 0.6 is 23.4 Å².